The Balaban J connectivity index is 1.78. The molecule has 4 rings (SSSR count). The first-order valence-electron chi connectivity index (χ1n) is 8.18. The van der Waals surface area contributed by atoms with E-state index in [1.807, 2.05) is 4.68 Å². The van der Waals surface area contributed by atoms with Crippen LogP contribution in [0.4, 0.5) is 5.82 Å². The molecule has 0 aromatic carbocycles. The Morgan fingerprint density at radius 2 is 2.17 bits per heavy atom. The molecule has 0 aliphatic carbocycles. The van der Waals surface area contributed by atoms with Crippen LogP contribution in [0.25, 0.3) is 11.0 Å². The van der Waals surface area contributed by atoms with Crippen molar-refractivity contribution in [1.82, 2.24) is 19.7 Å². The SMILES string of the molecule is OC[C@@H]1CCCN1c1nc(Cl)nc2c1cnn2C1CCCCO1. The predicted molar refractivity (Wildman–Crippen MR) is 86.6 cm³/mol. The van der Waals surface area contributed by atoms with Gasteiger partial charge in [-0.15, -0.1) is 0 Å². The van der Waals surface area contributed by atoms with Crippen LogP contribution in [0.15, 0.2) is 6.20 Å². The third-order valence-corrected chi connectivity index (χ3v) is 4.86. The maximum atomic E-state index is 9.59. The minimum absolute atomic E-state index is 0.0819. The second-order valence-corrected chi connectivity index (χ2v) is 6.47. The number of aromatic nitrogens is 4. The summed E-state index contributed by atoms with van der Waals surface area (Å²) in [5.41, 5.74) is 0.704. The van der Waals surface area contributed by atoms with Crippen molar-refractivity contribution in [3.05, 3.63) is 11.5 Å². The zero-order valence-corrected chi connectivity index (χ0v) is 13.6. The van der Waals surface area contributed by atoms with Crippen molar-refractivity contribution in [2.45, 2.75) is 44.4 Å². The molecular weight excluding hydrogens is 318 g/mol. The summed E-state index contributed by atoms with van der Waals surface area (Å²) in [4.78, 5) is 10.9. The summed E-state index contributed by atoms with van der Waals surface area (Å²) in [6, 6.07) is 0.0819. The Kier molecular flexibility index (Phi) is 4.09. The molecule has 0 amide bonds. The molecule has 124 valence electrons. The fourth-order valence-corrected chi connectivity index (χ4v) is 3.70. The molecule has 1 N–H and O–H groups in total. The molecule has 0 bridgehead atoms. The van der Waals surface area contributed by atoms with Gasteiger partial charge in [0.1, 0.15) is 5.82 Å². The van der Waals surface area contributed by atoms with Gasteiger partial charge in [0.05, 0.1) is 24.2 Å². The van der Waals surface area contributed by atoms with Crippen LogP contribution in [-0.2, 0) is 4.74 Å². The van der Waals surface area contributed by atoms with Crippen molar-refractivity contribution >= 4 is 28.5 Å². The van der Waals surface area contributed by atoms with E-state index in [0.29, 0.717) is 5.65 Å². The van der Waals surface area contributed by atoms with Crippen molar-refractivity contribution in [3.8, 4) is 0 Å². The third kappa shape index (κ3) is 2.66. The number of halogens is 1. The molecule has 0 saturated carbocycles. The van der Waals surface area contributed by atoms with Gasteiger partial charge in [-0.25, -0.2) is 4.68 Å². The molecule has 2 aromatic rings. The number of aliphatic hydroxyl groups excluding tert-OH is 1. The van der Waals surface area contributed by atoms with Gasteiger partial charge in [-0.1, -0.05) is 0 Å². The highest BCUT2D eigenvalue weighted by Gasteiger charge is 2.29. The number of ether oxygens (including phenoxy) is 1. The van der Waals surface area contributed by atoms with Gasteiger partial charge in [-0.05, 0) is 43.7 Å². The lowest BCUT2D eigenvalue weighted by molar-refractivity contribution is -0.0370. The summed E-state index contributed by atoms with van der Waals surface area (Å²) >= 11 is 6.17. The molecule has 23 heavy (non-hydrogen) atoms. The normalized spacial score (nSPS) is 25.4. The lowest BCUT2D eigenvalue weighted by Crippen LogP contribution is -2.33. The van der Waals surface area contributed by atoms with Crippen molar-refractivity contribution in [2.75, 3.05) is 24.7 Å². The van der Waals surface area contributed by atoms with Crippen LogP contribution in [0.1, 0.15) is 38.3 Å². The van der Waals surface area contributed by atoms with Crippen LogP contribution < -0.4 is 4.90 Å². The minimum atomic E-state index is -0.0905. The number of hydrogen-bond donors (Lipinski definition) is 1. The van der Waals surface area contributed by atoms with Gasteiger partial charge in [0, 0.05) is 13.2 Å². The molecule has 2 atom stereocenters. The maximum absolute atomic E-state index is 9.59. The van der Waals surface area contributed by atoms with Crippen LogP contribution in [0, 0.1) is 0 Å². The van der Waals surface area contributed by atoms with Gasteiger partial charge in [0.25, 0.3) is 0 Å². The van der Waals surface area contributed by atoms with Crippen molar-refractivity contribution < 1.29 is 9.84 Å². The Hall–Kier alpha value is -1.44. The Morgan fingerprint density at radius 1 is 1.26 bits per heavy atom. The summed E-state index contributed by atoms with van der Waals surface area (Å²) in [6.07, 6.45) is 6.82. The second kappa shape index (κ2) is 6.22. The fourth-order valence-electron chi connectivity index (χ4n) is 3.54. The molecule has 2 aromatic heterocycles. The largest absolute Gasteiger partial charge is 0.394 e. The molecule has 4 heterocycles. The second-order valence-electron chi connectivity index (χ2n) is 6.14. The first-order valence-corrected chi connectivity index (χ1v) is 8.55. The maximum Gasteiger partial charge on any atom is 0.226 e. The molecular formula is C15H20ClN5O2. The van der Waals surface area contributed by atoms with E-state index in [4.69, 9.17) is 16.3 Å². The number of rotatable bonds is 3. The van der Waals surface area contributed by atoms with E-state index in [2.05, 4.69) is 20.0 Å². The zero-order valence-electron chi connectivity index (χ0n) is 12.9. The van der Waals surface area contributed by atoms with Gasteiger partial charge < -0.3 is 14.7 Å². The van der Waals surface area contributed by atoms with Gasteiger partial charge >= 0.3 is 0 Å². The molecule has 0 radical (unpaired) electrons. The highest BCUT2D eigenvalue weighted by Crippen LogP contribution is 2.33. The number of hydrogen-bond acceptors (Lipinski definition) is 6. The van der Waals surface area contributed by atoms with E-state index in [-0.39, 0.29) is 24.2 Å². The summed E-state index contributed by atoms with van der Waals surface area (Å²) in [7, 11) is 0. The molecule has 0 spiro atoms. The summed E-state index contributed by atoms with van der Waals surface area (Å²) in [5.74, 6) is 0.763. The first kappa shape index (κ1) is 15.1. The highest BCUT2D eigenvalue weighted by atomic mass is 35.5. The Labute approximate surface area is 139 Å². The van der Waals surface area contributed by atoms with E-state index in [1.165, 1.54) is 0 Å². The van der Waals surface area contributed by atoms with E-state index in [9.17, 15) is 5.11 Å². The molecule has 2 aliphatic heterocycles. The van der Waals surface area contributed by atoms with Crippen molar-refractivity contribution in [2.24, 2.45) is 0 Å². The average molecular weight is 338 g/mol. The van der Waals surface area contributed by atoms with Crippen molar-refractivity contribution in [1.29, 1.82) is 0 Å². The summed E-state index contributed by atoms with van der Waals surface area (Å²) in [5, 5.41) is 15.1. The van der Waals surface area contributed by atoms with Crippen LogP contribution >= 0.6 is 11.6 Å². The molecule has 8 heteroatoms. The topological polar surface area (TPSA) is 76.3 Å². The van der Waals surface area contributed by atoms with Crippen LogP contribution in [0.2, 0.25) is 5.28 Å². The number of aliphatic hydroxyl groups is 1. The zero-order chi connectivity index (χ0) is 15.8. The third-order valence-electron chi connectivity index (χ3n) is 4.69. The molecule has 2 saturated heterocycles. The smallest absolute Gasteiger partial charge is 0.226 e. The van der Waals surface area contributed by atoms with Crippen LogP contribution in [0.5, 0.6) is 0 Å². The summed E-state index contributed by atoms with van der Waals surface area (Å²) in [6.45, 7) is 1.72. The van der Waals surface area contributed by atoms with E-state index in [0.717, 1.165) is 56.5 Å². The van der Waals surface area contributed by atoms with Gasteiger partial charge in [0.15, 0.2) is 11.9 Å². The number of anilines is 1. The molecule has 7 nitrogen and oxygen atoms in total. The first-order chi connectivity index (χ1) is 11.3. The van der Waals surface area contributed by atoms with Crippen LogP contribution in [-0.4, -0.2) is 50.7 Å². The number of nitrogens with zero attached hydrogens (tertiary/aromatic N) is 5. The average Bonchev–Trinajstić information content (AvgIpc) is 3.21. The monoisotopic (exact) mass is 337 g/mol. The van der Waals surface area contributed by atoms with Crippen molar-refractivity contribution in [3.63, 3.8) is 0 Å². The molecule has 2 fully saturated rings. The Morgan fingerprint density at radius 3 is 2.96 bits per heavy atom. The summed E-state index contributed by atoms with van der Waals surface area (Å²) < 4.78 is 7.64. The van der Waals surface area contributed by atoms with Gasteiger partial charge in [-0.2, -0.15) is 15.1 Å². The molecule has 2 aliphatic rings. The predicted octanol–water partition coefficient (Wildman–Crippen LogP) is 2.14. The minimum Gasteiger partial charge on any atom is -0.394 e. The Bertz CT molecular complexity index is 700. The standard InChI is InChI=1S/C15H20ClN5O2/c16-15-18-13(20-6-3-4-10(20)9-22)11-8-17-21(14(11)19-15)12-5-1-2-7-23-12/h8,10,12,22H,1-7,9H2/t10-,12?/m0/s1. The van der Waals surface area contributed by atoms with E-state index < -0.39 is 0 Å². The highest BCUT2D eigenvalue weighted by molar-refractivity contribution is 6.28. The quantitative estimate of drug-likeness (QED) is 0.865. The molecule has 1 unspecified atom stereocenters. The fraction of sp³-hybridized carbons (Fsp3) is 0.667. The van der Waals surface area contributed by atoms with Crippen LogP contribution in [0.3, 0.4) is 0 Å². The van der Waals surface area contributed by atoms with Gasteiger partial charge in [-0.3, -0.25) is 0 Å². The lowest BCUT2D eigenvalue weighted by atomic mass is 10.2. The lowest BCUT2D eigenvalue weighted by Gasteiger charge is -2.25. The van der Waals surface area contributed by atoms with E-state index >= 15 is 0 Å². The number of fused-ring (bicyclic) bond motifs is 1. The van der Waals surface area contributed by atoms with Gasteiger partial charge in [0.2, 0.25) is 5.28 Å². The van der Waals surface area contributed by atoms with E-state index in [1.54, 1.807) is 6.20 Å².